The third kappa shape index (κ3) is 8.30. The molecule has 0 amide bonds. The van der Waals surface area contributed by atoms with Crippen molar-refractivity contribution in [3.8, 4) is 0 Å². The van der Waals surface area contributed by atoms with E-state index in [1.54, 1.807) is 12.1 Å². The van der Waals surface area contributed by atoms with Crippen LogP contribution in [0, 0.1) is 10.1 Å². The molecule has 2 rings (SSSR count). The van der Waals surface area contributed by atoms with Crippen LogP contribution in [0.25, 0.3) is 0 Å². The molecule has 158 valence electrons. The number of nitrogens with one attached hydrogen (secondary N) is 2. The van der Waals surface area contributed by atoms with Gasteiger partial charge in [-0.1, -0.05) is 26.0 Å². The number of hydrogen-bond donors (Lipinski definition) is 2. The standard InChI is InChI=1S/C20H33N5O2.HI/c1-4-12-24-13-10-18(11-14-24)23-20(22-16(3)5-2)21-15-17-6-8-19(9-7-17)25(26)27;/h6-9,16,18H,4-5,10-15H2,1-3H3,(H2,21,22,23);1H. The number of likely N-dealkylation sites (tertiary alicyclic amines) is 1. The molecule has 1 aromatic rings. The SMILES string of the molecule is CCCN1CCC(NC(=NCc2ccc([N+](=O)[O-])cc2)NC(C)CC)CC1.I. The number of nitrogens with zero attached hydrogens (tertiary/aromatic N) is 3. The van der Waals surface area contributed by atoms with Gasteiger partial charge in [-0.3, -0.25) is 10.1 Å². The molecule has 8 heteroatoms. The molecular weight excluding hydrogens is 469 g/mol. The molecule has 7 nitrogen and oxygen atoms in total. The summed E-state index contributed by atoms with van der Waals surface area (Å²) < 4.78 is 0. The Morgan fingerprint density at radius 3 is 2.46 bits per heavy atom. The fourth-order valence-electron chi connectivity index (χ4n) is 3.17. The van der Waals surface area contributed by atoms with E-state index < -0.39 is 0 Å². The highest BCUT2D eigenvalue weighted by Gasteiger charge is 2.19. The largest absolute Gasteiger partial charge is 0.354 e. The average Bonchev–Trinajstić information content (AvgIpc) is 2.68. The minimum absolute atomic E-state index is 0. The van der Waals surface area contributed by atoms with Gasteiger partial charge in [0.25, 0.3) is 5.69 Å². The van der Waals surface area contributed by atoms with E-state index >= 15 is 0 Å². The molecule has 0 spiro atoms. The highest BCUT2D eigenvalue weighted by atomic mass is 127. The Labute approximate surface area is 185 Å². The molecule has 2 N–H and O–H groups in total. The minimum Gasteiger partial charge on any atom is -0.354 e. The Morgan fingerprint density at radius 2 is 1.93 bits per heavy atom. The first kappa shape index (κ1) is 24.6. The van der Waals surface area contributed by atoms with E-state index in [-0.39, 0.29) is 34.6 Å². The number of benzene rings is 1. The summed E-state index contributed by atoms with van der Waals surface area (Å²) >= 11 is 0. The summed E-state index contributed by atoms with van der Waals surface area (Å²) in [5.41, 5.74) is 1.07. The number of halogens is 1. The Bertz CT molecular complexity index is 616. The molecule has 0 saturated carbocycles. The van der Waals surface area contributed by atoms with Crippen molar-refractivity contribution in [2.45, 2.75) is 65.1 Å². The molecule has 0 aromatic heterocycles. The van der Waals surface area contributed by atoms with E-state index in [0.29, 0.717) is 18.6 Å². The van der Waals surface area contributed by atoms with E-state index in [2.05, 4.69) is 36.3 Å². The topological polar surface area (TPSA) is 82.8 Å². The maximum Gasteiger partial charge on any atom is 0.269 e. The Balaban J connectivity index is 0.00000392. The number of hydrogen-bond acceptors (Lipinski definition) is 4. The molecule has 28 heavy (non-hydrogen) atoms. The van der Waals surface area contributed by atoms with Crippen LogP contribution in [0.1, 0.15) is 52.0 Å². The summed E-state index contributed by atoms with van der Waals surface area (Å²) in [5, 5.41) is 17.8. The summed E-state index contributed by atoms with van der Waals surface area (Å²) in [7, 11) is 0. The van der Waals surface area contributed by atoms with Crippen LogP contribution < -0.4 is 10.6 Å². The van der Waals surface area contributed by atoms with Crippen LogP contribution in [0.15, 0.2) is 29.3 Å². The minimum atomic E-state index is -0.380. The molecule has 1 aliphatic heterocycles. The lowest BCUT2D eigenvalue weighted by Crippen LogP contribution is -2.50. The van der Waals surface area contributed by atoms with E-state index in [9.17, 15) is 10.1 Å². The average molecular weight is 503 g/mol. The molecular formula is C20H34IN5O2. The molecule has 1 aromatic carbocycles. The lowest BCUT2D eigenvalue weighted by molar-refractivity contribution is -0.384. The first-order chi connectivity index (χ1) is 13.0. The van der Waals surface area contributed by atoms with Crippen molar-refractivity contribution < 1.29 is 4.92 Å². The van der Waals surface area contributed by atoms with Crippen molar-refractivity contribution in [2.75, 3.05) is 19.6 Å². The molecule has 1 heterocycles. The molecule has 1 atom stereocenters. The Hall–Kier alpha value is -1.42. The lowest BCUT2D eigenvalue weighted by atomic mass is 10.1. The molecule has 0 aliphatic carbocycles. The maximum absolute atomic E-state index is 10.8. The van der Waals surface area contributed by atoms with Crippen molar-refractivity contribution in [1.82, 2.24) is 15.5 Å². The Morgan fingerprint density at radius 1 is 1.29 bits per heavy atom. The summed E-state index contributed by atoms with van der Waals surface area (Å²) in [5.74, 6) is 0.830. The summed E-state index contributed by atoms with van der Waals surface area (Å²) in [6.07, 6.45) is 4.47. The van der Waals surface area contributed by atoms with Crippen LogP contribution in [0.5, 0.6) is 0 Å². The molecule has 1 unspecified atom stereocenters. The van der Waals surface area contributed by atoms with Crippen molar-refractivity contribution in [3.63, 3.8) is 0 Å². The molecule has 0 radical (unpaired) electrons. The van der Waals surface area contributed by atoms with Crippen molar-refractivity contribution in [2.24, 2.45) is 4.99 Å². The number of aliphatic imine (C=N–C) groups is 1. The third-order valence-corrected chi connectivity index (χ3v) is 5.03. The van der Waals surface area contributed by atoms with E-state index in [1.165, 1.54) is 25.1 Å². The Kier molecular flexibility index (Phi) is 11.4. The molecule has 1 saturated heterocycles. The van der Waals surface area contributed by atoms with Gasteiger partial charge < -0.3 is 15.5 Å². The zero-order valence-electron chi connectivity index (χ0n) is 17.2. The van der Waals surface area contributed by atoms with Gasteiger partial charge in [0.05, 0.1) is 11.5 Å². The second-order valence-electron chi connectivity index (χ2n) is 7.30. The number of rotatable bonds is 8. The van der Waals surface area contributed by atoms with Crippen LogP contribution in [0.3, 0.4) is 0 Å². The first-order valence-electron chi connectivity index (χ1n) is 10.0. The third-order valence-electron chi connectivity index (χ3n) is 5.03. The quantitative estimate of drug-likeness (QED) is 0.185. The van der Waals surface area contributed by atoms with Crippen LogP contribution >= 0.6 is 24.0 Å². The van der Waals surface area contributed by atoms with E-state index in [4.69, 9.17) is 4.99 Å². The monoisotopic (exact) mass is 503 g/mol. The molecule has 1 aliphatic rings. The number of guanidine groups is 1. The van der Waals surface area contributed by atoms with Gasteiger partial charge in [-0.15, -0.1) is 24.0 Å². The van der Waals surface area contributed by atoms with Crippen molar-refractivity contribution in [3.05, 3.63) is 39.9 Å². The van der Waals surface area contributed by atoms with Crippen LogP contribution in [0.4, 0.5) is 5.69 Å². The van der Waals surface area contributed by atoms with Gasteiger partial charge in [0, 0.05) is 37.3 Å². The second kappa shape index (κ2) is 12.9. The van der Waals surface area contributed by atoms with Gasteiger partial charge in [0.2, 0.25) is 0 Å². The fraction of sp³-hybridized carbons (Fsp3) is 0.650. The van der Waals surface area contributed by atoms with Crippen molar-refractivity contribution >= 4 is 35.6 Å². The highest BCUT2D eigenvalue weighted by Crippen LogP contribution is 2.13. The van der Waals surface area contributed by atoms with Gasteiger partial charge in [-0.2, -0.15) is 0 Å². The van der Waals surface area contributed by atoms with Crippen LogP contribution in [-0.2, 0) is 6.54 Å². The normalized spacial score (nSPS) is 16.9. The maximum atomic E-state index is 10.8. The van der Waals surface area contributed by atoms with Gasteiger partial charge in [-0.05, 0) is 44.7 Å². The van der Waals surface area contributed by atoms with E-state index in [0.717, 1.165) is 43.9 Å². The van der Waals surface area contributed by atoms with Crippen LogP contribution in [0.2, 0.25) is 0 Å². The van der Waals surface area contributed by atoms with Crippen LogP contribution in [-0.4, -0.2) is 47.5 Å². The summed E-state index contributed by atoms with van der Waals surface area (Å²) in [6.45, 7) is 10.5. The predicted molar refractivity (Wildman–Crippen MR) is 125 cm³/mol. The molecule has 0 bridgehead atoms. The first-order valence-corrected chi connectivity index (χ1v) is 10.0. The van der Waals surface area contributed by atoms with Crippen molar-refractivity contribution in [1.29, 1.82) is 0 Å². The lowest BCUT2D eigenvalue weighted by Gasteiger charge is -2.33. The number of non-ortho nitro benzene ring substituents is 1. The van der Waals surface area contributed by atoms with Gasteiger partial charge >= 0.3 is 0 Å². The van der Waals surface area contributed by atoms with Gasteiger partial charge in [0.15, 0.2) is 5.96 Å². The smallest absolute Gasteiger partial charge is 0.269 e. The van der Waals surface area contributed by atoms with E-state index in [1.807, 2.05) is 0 Å². The number of nitro benzene ring substituents is 1. The number of piperidine rings is 1. The predicted octanol–water partition coefficient (Wildman–Crippen LogP) is 3.92. The second-order valence-corrected chi connectivity index (χ2v) is 7.30. The zero-order valence-corrected chi connectivity index (χ0v) is 19.5. The van der Waals surface area contributed by atoms with Gasteiger partial charge in [0.1, 0.15) is 0 Å². The fourth-order valence-corrected chi connectivity index (χ4v) is 3.17. The zero-order chi connectivity index (χ0) is 19.6. The molecule has 1 fully saturated rings. The number of nitro groups is 1. The van der Waals surface area contributed by atoms with Gasteiger partial charge in [-0.25, -0.2) is 4.99 Å². The highest BCUT2D eigenvalue weighted by molar-refractivity contribution is 14.0. The summed E-state index contributed by atoms with van der Waals surface area (Å²) in [4.78, 5) is 17.6. The summed E-state index contributed by atoms with van der Waals surface area (Å²) in [6, 6.07) is 7.38.